The lowest BCUT2D eigenvalue weighted by molar-refractivity contribution is 0.235. The molecule has 0 spiro atoms. The van der Waals surface area contributed by atoms with Crippen LogP contribution in [0.4, 0.5) is 0 Å². The molecule has 3 heteroatoms. The molecule has 1 aliphatic rings. The minimum absolute atomic E-state index is 0.0433. The van der Waals surface area contributed by atoms with Crippen LogP contribution in [0.2, 0.25) is 0 Å². The van der Waals surface area contributed by atoms with Crippen LogP contribution < -0.4 is 0 Å². The van der Waals surface area contributed by atoms with E-state index >= 15 is 0 Å². The quantitative estimate of drug-likeness (QED) is 0.677. The molecule has 0 radical (unpaired) electrons. The molecule has 0 N–H and O–H groups in total. The smallest absolute Gasteiger partial charge is 0.188 e. The molecule has 0 aromatic carbocycles. The number of ether oxygens (including phenoxy) is 1. The zero-order chi connectivity index (χ0) is 12.6. The van der Waals surface area contributed by atoms with E-state index in [1.54, 1.807) is 0 Å². The molecule has 2 atom stereocenters. The average molecular weight is 243 g/mol. The van der Waals surface area contributed by atoms with Crippen LogP contribution in [0.5, 0.6) is 0 Å². The third-order valence-electron chi connectivity index (χ3n) is 3.22. The standard InChI is InChI=1S/C13H26NOP/c1-12(2,3)10-8-15-11(14-10)9-16(7)13(4,5)6/h10H,8-9H2,1-7H3/t10-,16+/m1/s1. The van der Waals surface area contributed by atoms with E-state index in [1.807, 2.05) is 0 Å². The molecule has 0 aromatic heterocycles. The second-order valence-corrected chi connectivity index (χ2v) is 9.80. The van der Waals surface area contributed by atoms with Crippen LogP contribution in [0.1, 0.15) is 41.5 Å². The van der Waals surface area contributed by atoms with Crippen molar-refractivity contribution in [3.8, 4) is 0 Å². The fraction of sp³-hybridized carbons (Fsp3) is 0.923. The molecule has 16 heavy (non-hydrogen) atoms. The summed E-state index contributed by atoms with van der Waals surface area (Å²) in [5.74, 6) is 0.989. The van der Waals surface area contributed by atoms with E-state index in [4.69, 9.17) is 9.73 Å². The fourth-order valence-electron chi connectivity index (χ4n) is 1.39. The van der Waals surface area contributed by atoms with Crippen molar-refractivity contribution in [3.63, 3.8) is 0 Å². The SMILES string of the molecule is C[P@@](CC1=N[C@@H](C(C)(C)C)CO1)C(C)(C)C. The van der Waals surface area contributed by atoms with Gasteiger partial charge in [0.1, 0.15) is 6.61 Å². The highest BCUT2D eigenvalue weighted by Crippen LogP contribution is 2.46. The molecule has 0 fully saturated rings. The van der Waals surface area contributed by atoms with E-state index < -0.39 is 0 Å². The van der Waals surface area contributed by atoms with Crippen LogP contribution in [0.15, 0.2) is 4.99 Å². The molecule has 0 aliphatic carbocycles. The number of hydrogen-bond acceptors (Lipinski definition) is 2. The molecule has 0 amide bonds. The Balaban J connectivity index is 2.59. The third kappa shape index (κ3) is 3.73. The Bertz CT molecular complexity index is 273. The van der Waals surface area contributed by atoms with E-state index in [0.29, 0.717) is 11.2 Å². The second kappa shape index (κ2) is 4.64. The number of hydrogen-bond donors (Lipinski definition) is 0. The predicted molar refractivity (Wildman–Crippen MR) is 74.1 cm³/mol. The summed E-state index contributed by atoms with van der Waals surface area (Å²) in [5, 5.41) is 0.390. The first kappa shape index (κ1) is 14.0. The summed E-state index contributed by atoms with van der Waals surface area (Å²) in [6.45, 7) is 16.7. The van der Waals surface area contributed by atoms with Gasteiger partial charge in [-0.1, -0.05) is 49.5 Å². The number of rotatable bonds is 2. The lowest BCUT2D eigenvalue weighted by atomic mass is 9.88. The molecule has 0 saturated carbocycles. The van der Waals surface area contributed by atoms with Gasteiger partial charge in [0, 0.05) is 6.16 Å². The van der Waals surface area contributed by atoms with Gasteiger partial charge in [0.2, 0.25) is 0 Å². The van der Waals surface area contributed by atoms with Crippen molar-refractivity contribution in [1.29, 1.82) is 0 Å². The molecule has 2 nitrogen and oxygen atoms in total. The lowest BCUT2D eigenvalue weighted by Gasteiger charge is -2.27. The van der Waals surface area contributed by atoms with Crippen LogP contribution in [0, 0.1) is 5.41 Å². The number of nitrogens with zero attached hydrogens (tertiary/aromatic N) is 1. The summed E-state index contributed by atoms with van der Waals surface area (Å²) >= 11 is 0. The summed E-state index contributed by atoms with van der Waals surface area (Å²) in [6, 6.07) is 0.339. The van der Waals surface area contributed by atoms with E-state index in [9.17, 15) is 0 Å². The minimum Gasteiger partial charge on any atom is -0.478 e. The zero-order valence-electron chi connectivity index (χ0n) is 11.8. The Morgan fingerprint density at radius 3 is 2.19 bits per heavy atom. The zero-order valence-corrected chi connectivity index (χ0v) is 12.7. The van der Waals surface area contributed by atoms with E-state index in [0.717, 1.165) is 18.7 Å². The Morgan fingerprint density at radius 2 is 1.81 bits per heavy atom. The molecule has 94 valence electrons. The topological polar surface area (TPSA) is 21.6 Å². The van der Waals surface area contributed by atoms with Crippen molar-refractivity contribution in [2.24, 2.45) is 10.4 Å². The molecule has 1 aliphatic heterocycles. The largest absolute Gasteiger partial charge is 0.478 e. The molecule has 1 heterocycles. The monoisotopic (exact) mass is 243 g/mol. The van der Waals surface area contributed by atoms with Gasteiger partial charge < -0.3 is 4.74 Å². The van der Waals surface area contributed by atoms with Gasteiger partial charge in [-0.05, 0) is 17.2 Å². The maximum Gasteiger partial charge on any atom is 0.188 e. The van der Waals surface area contributed by atoms with Crippen molar-refractivity contribution in [3.05, 3.63) is 0 Å². The molecular weight excluding hydrogens is 217 g/mol. The summed E-state index contributed by atoms with van der Waals surface area (Å²) in [5.41, 5.74) is 0.222. The highest BCUT2D eigenvalue weighted by molar-refractivity contribution is 7.59. The molecule has 0 aromatic rings. The third-order valence-corrected chi connectivity index (χ3v) is 6.26. The molecule has 0 unspecified atom stereocenters. The van der Waals surface area contributed by atoms with E-state index in [-0.39, 0.29) is 13.3 Å². The molecule has 0 bridgehead atoms. The van der Waals surface area contributed by atoms with Crippen molar-refractivity contribution in [1.82, 2.24) is 0 Å². The molecule has 1 rings (SSSR count). The normalized spacial score (nSPS) is 23.9. The van der Waals surface area contributed by atoms with Crippen molar-refractivity contribution in [2.75, 3.05) is 19.4 Å². The second-order valence-electron chi connectivity index (χ2n) is 6.74. The van der Waals surface area contributed by atoms with Gasteiger partial charge in [-0.3, -0.25) is 0 Å². The maximum atomic E-state index is 5.72. The van der Waals surface area contributed by atoms with Crippen molar-refractivity contribution in [2.45, 2.75) is 52.7 Å². The first-order valence-corrected chi connectivity index (χ1v) is 7.99. The Morgan fingerprint density at radius 1 is 1.25 bits per heavy atom. The van der Waals surface area contributed by atoms with Gasteiger partial charge in [0.15, 0.2) is 5.90 Å². The van der Waals surface area contributed by atoms with Crippen LogP contribution in [-0.2, 0) is 4.74 Å². The summed E-state index contributed by atoms with van der Waals surface area (Å²) < 4.78 is 5.72. The van der Waals surface area contributed by atoms with Crippen molar-refractivity contribution < 1.29 is 4.74 Å². The highest BCUT2D eigenvalue weighted by atomic mass is 31.1. The fourth-order valence-corrected chi connectivity index (χ4v) is 2.45. The minimum atomic E-state index is -0.0433. The van der Waals surface area contributed by atoms with Gasteiger partial charge in [-0.2, -0.15) is 0 Å². The van der Waals surface area contributed by atoms with Crippen LogP contribution in [-0.4, -0.2) is 36.5 Å². The average Bonchev–Trinajstić information content (AvgIpc) is 2.49. The van der Waals surface area contributed by atoms with Gasteiger partial charge >= 0.3 is 0 Å². The van der Waals surface area contributed by atoms with Gasteiger partial charge in [-0.15, -0.1) is 0 Å². The first-order valence-electron chi connectivity index (χ1n) is 6.01. The van der Waals surface area contributed by atoms with E-state index in [2.05, 4.69) is 48.2 Å². The Labute approximate surface area is 102 Å². The van der Waals surface area contributed by atoms with E-state index in [1.165, 1.54) is 0 Å². The molecular formula is C13H26NOP. The highest BCUT2D eigenvalue weighted by Gasteiger charge is 2.31. The summed E-state index contributed by atoms with van der Waals surface area (Å²) in [4.78, 5) is 4.72. The van der Waals surface area contributed by atoms with Gasteiger partial charge in [0.25, 0.3) is 0 Å². The van der Waals surface area contributed by atoms with Crippen LogP contribution in [0.25, 0.3) is 0 Å². The lowest BCUT2D eigenvalue weighted by Crippen LogP contribution is -2.25. The molecule has 0 saturated heterocycles. The number of aliphatic imine (C=N–C) groups is 1. The van der Waals surface area contributed by atoms with Crippen LogP contribution in [0.3, 0.4) is 0 Å². The Hall–Kier alpha value is -0.100. The summed E-state index contributed by atoms with van der Waals surface area (Å²) in [6.07, 6.45) is 1.03. The maximum absolute atomic E-state index is 5.72. The van der Waals surface area contributed by atoms with Gasteiger partial charge in [0.05, 0.1) is 6.04 Å². The first-order chi connectivity index (χ1) is 7.10. The predicted octanol–water partition coefficient (Wildman–Crippen LogP) is 3.74. The summed E-state index contributed by atoms with van der Waals surface area (Å²) in [7, 11) is -0.0433. The van der Waals surface area contributed by atoms with Gasteiger partial charge in [-0.25, -0.2) is 4.99 Å². The van der Waals surface area contributed by atoms with Crippen LogP contribution >= 0.6 is 7.92 Å². The Kier molecular flexibility index (Phi) is 4.05. The van der Waals surface area contributed by atoms with Crippen molar-refractivity contribution >= 4 is 13.8 Å².